The van der Waals surface area contributed by atoms with E-state index in [1.807, 2.05) is 5.32 Å². The summed E-state index contributed by atoms with van der Waals surface area (Å²) in [6.45, 7) is -0.841. The molecule has 1 aliphatic heterocycles. The summed E-state index contributed by atoms with van der Waals surface area (Å²) in [6, 6.07) is 2.96. The number of hydrogen-bond acceptors (Lipinski definition) is 5. The molecule has 2 amide bonds. The molecule has 1 aromatic carbocycles. The molecule has 108 valence electrons. The van der Waals surface area contributed by atoms with Gasteiger partial charge in [-0.1, -0.05) is 15.9 Å². The minimum Gasteiger partial charge on any atom is -0.398 e. The zero-order valence-electron chi connectivity index (χ0n) is 9.89. The van der Waals surface area contributed by atoms with E-state index in [0.29, 0.717) is 4.47 Å². The lowest BCUT2D eigenvalue weighted by Crippen LogP contribution is -2.53. The number of nitrogen functional groups attached to an aromatic ring is 1. The fourth-order valence-corrected chi connectivity index (χ4v) is 5.13. The largest absolute Gasteiger partial charge is 0.398 e. The molecule has 1 heterocycles. The minimum absolute atomic E-state index is 0.0182. The molecule has 0 bridgehead atoms. The lowest BCUT2D eigenvalue weighted by Gasteiger charge is -2.25. The standard InChI is InChI=1S/C10H9Br2N3O4S/c11-5-1-6(12)10(7(13)2-5)20(18,19)15-3-8(16)14-9(17)4-15/h1-2H,3-4,13H2,(H,14,16,17). The Bertz CT molecular complexity index is 665. The Kier molecular flexibility index (Phi) is 4.19. The van der Waals surface area contributed by atoms with Crippen LogP contribution in [0.2, 0.25) is 0 Å². The van der Waals surface area contributed by atoms with Crippen molar-refractivity contribution in [3.63, 3.8) is 0 Å². The van der Waals surface area contributed by atoms with Crippen molar-refractivity contribution >= 4 is 59.4 Å². The number of nitrogens with two attached hydrogens (primary N) is 1. The molecule has 7 nitrogen and oxygen atoms in total. The molecule has 0 unspecified atom stereocenters. The quantitative estimate of drug-likeness (QED) is 0.526. The SMILES string of the molecule is Nc1cc(Br)cc(Br)c1S(=O)(=O)N1CC(=O)NC(=O)C1. The highest BCUT2D eigenvalue weighted by Gasteiger charge is 2.35. The van der Waals surface area contributed by atoms with Gasteiger partial charge in [-0.3, -0.25) is 14.9 Å². The van der Waals surface area contributed by atoms with Crippen LogP contribution in [0.3, 0.4) is 0 Å². The topological polar surface area (TPSA) is 110 Å². The number of hydrogen-bond donors (Lipinski definition) is 2. The van der Waals surface area contributed by atoms with Crippen molar-refractivity contribution in [3.8, 4) is 0 Å². The van der Waals surface area contributed by atoms with E-state index >= 15 is 0 Å². The van der Waals surface area contributed by atoms with Crippen LogP contribution >= 0.6 is 31.9 Å². The van der Waals surface area contributed by atoms with Crippen molar-refractivity contribution in [1.29, 1.82) is 0 Å². The Balaban J connectivity index is 2.51. The summed E-state index contributed by atoms with van der Waals surface area (Å²) in [5.74, 6) is -1.34. The lowest BCUT2D eigenvalue weighted by atomic mass is 10.3. The van der Waals surface area contributed by atoms with Crippen molar-refractivity contribution in [3.05, 3.63) is 21.1 Å². The van der Waals surface area contributed by atoms with Gasteiger partial charge in [-0.25, -0.2) is 8.42 Å². The molecule has 0 atom stereocenters. The van der Waals surface area contributed by atoms with E-state index in [1.54, 1.807) is 0 Å². The lowest BCUT2D eigenvalue weighted by molar-refractivity contribution is -0.134. The first kappa shape index (κ1) is 15.4. The molecule has 0 radical (unpaired) electrons. The van der Waals surface area contributed by atoms with Crippen molar-refractivity contribution in [2.75, 3.05) is 18.8 Å². The second-order valence-electron chi connectivity index (χ2n) is 4.05. The van der Waals surface area contributed by atoms with E-state index in [-0.39, 0.29) is 15.1 Å². The highest BCUT2D eigenvalue weighted by Crippen LogP contribution is 2.33. The molecule has 1 fully saturated rings. The maximum atomic E-state index is 12.5. The number of rotatable bonds is 2. The van der Waals surface area contributed by atoms with Crippen LogP contribution in [0.1, 0.15) is 0 Å². The van der Waals surface area contributed by atoms with Crippen LogP contribution in [-0.2, 0) is 19.6 Å². The molecule has 1 saturated heterocycles. The average Bonchev–Trinajstić information content (AvgIpc) is 2.25. The van der Waals surface area contributed by atoms with E-state index in [0.717, 1.165) is 4.31 Å². The number of piperazine rings is 1. The number of amides is 2. The van der Waals surface area contributed by atoms with Gasteiger partial charge < -0.3 is 5.73 Å². The number of halogens is 2. The summed E-state index contributed by atoms with van der Waals surface area (Å²) in [5.41, 5.74) is 5.75. The van der Waals surface area contributed by atoms with Gasteiger partial charge in [-0.05, 0) is 28.1 Å². The maximum absolute atomic E-state index is 12.5. The van der Waals surface area contributed by atoms with Gasteiger partial charge in [0.1, 0.15) is 4.90 Å². The van der Waals surface area contributed by atoms with Crippen LogP contribution in [-0.4, -0.2) is 37.6 Å². The normalized spacial score (nSPS) is 17.1. The van der Waals surface area contributed by atoms with Gasteiger partial charge in [-0.2, -0.15) is 4.31 Å². The third-order valence-corrected chi connectivity index (χ3v) is 5.81. The fraction of sp³-hybridized carbons (Fsp3) is 0.200. The Labute approximate surface area is 131 Å². The summed E-state index contributed by atoms with van der Waals surface area (Å²) in [7, 11) is -4.05. The maximum Gasteiger partial charge on any atom is 0.247 e. The zero-order chi connectivity index (χ0) is 15.1. The third-order valence-electron chi connectivity index (χ3n) is 2.55. The smallest absolute Gasteiger partial charge is 0.247 e. The third kappa shape index (κ3) is 2.87. The number of imide groups is 1. The molecule has 0 aromatic heterocycles. The predicted octanol–water partition coefficient (Wildman–Crippen LogP) is 0.441. The monoisotopic (exact) mass is 425 g/mol. The highest BCUT2D eigenvalue weighted by molar-refractivity contribution is 9.11. The summed E-state index contributed by atoms with van der Waals surface area (Å²) in [6.07, 6.45) is 0. The fourth-order valence-electron chi connectivity index (χ4n) is 1.76. The van der Waals surface area contributed by atoms with E-state index < -0.39 is 34.9 Å². The van der Waals surface area contributed by atoms with Crippen molar-refractivity contribution in [2.45, 2.75) is 4.90 Å². The Morgan fingerprint density at radius 3 is 2.20 bits per heavy atom. The first-order valence-electron chi connectivity index (χ1n) is 5.29. The van der Waals surface area contributed by atoms with E-state index in [2.05, 4.69) is 31.9 Å². The summed E-state index contributed by atoms with van der Waals surface area (Å²) in [5, 5.41) is 2.04. The summed E-state index contributed by atoms with van der Waals surface area (Å²) >= 11 is 6.32. The minimum atomic E-state index is -4.05. The summed E-state index contributed by atoms with van der Waals surface area (Å²) in [4.78, 5) is 22.4. The van der Waals surface area contributed by atoms with Gasteiger partial charge >= 0.3 is 0 Å². The number of nitrogens with one attached hydrogen (secondary N) is 1. The van der Waals surface area contributed by atoms with Gasteiger partial charge in [0.25, 0.3) is 0 Å². The van der Waals surface area contributed by atoms with Gasteiger partial charge in [0.05, 0.1) is 18.8 Å². The van der Waals surface area contributed by atoms with Crippen LogP contribution in [0, 0.1) is 0 Å². The Morgan fingerprint density at radius 1 is 1.15 bits per heavy atom. The van der Waals surface area contributed by atoms with Gasteiger partial charge in [0, 0.05) is 8.95 Å². The van der Waals surface area contributed by atoms with Gasteiger partial charge in [0.15, 0.2) is 0 Å². The van der Waals surface area contributed by atoms with Crippen molar-refractivity contribution in [1.82, 2.24) is 9.62 Å². The van der Waals surface area contributed by atoms with E-state index in [4.69, 9.17) is 5.73 Å². The molecular weight excluding hydrogens is 418 g/mol. The predicted molar refractivity (Wildman–Crippen MR) is 78.2 cm³/mol. The molecular formula is C10H9Br2N3O4S. The Morgan fingerprint density at radius 2 is 1.70 bits per heavy atom. The van der Waals surface area contributed by atoms with Gasteiger partial charge in [-0.15, -0.1) is 0 Å². The molecule has 3 N–H and O–H groups in total. The summed E-state index contributed by atoms with van der Waals surface area (Å²) < 4.78 is 26.6. The van der Waals surface area contributed by atoms with Gasteiger partial charge in [0.2, 0.25) is 21.8 Å². The van der Waals surface area contributed by atoms with E-state index in [9.17, 15) is 18.0 Å². The first-order valence-corrected chi connectivity index (χ1v) is 8.32. The number of benzene rings is 1. The van der Waals surface area contributed by atoms with Crippen LogP contribution in [0.25, 0.3) is 0 Å². The van der Waals surface area contributed by atoms with Crippen molar-refractivity contribution < 1.29 is 18.0 Å². The molecule has 10 heteroatoms. The van der Waals surface area contributed by atoms with Crippen molar-refractivity contribution in [2.24, 2.45) is 0 Å². The average molecular weight is 427 g/mol. The van der Waals surface area contributed by atoms with Crippen LogP contribution < -0.4 is 11.1 Å². The number of nitrogens with zero attached hydrogens (tertiary/aromatic N) is 1. The van der Waals surface area contributed by atoms with E-state index in [1.165, 1.54) is 12.1 Å². The Hall–Kier alpha value is -0.970. The molecule has 2 rings (SSSR count). The van der Waals surface area contributed by atoms with Crippen LogP contribution in [0.5, 0.6) is 0 Å². The number of anilines is 1. The second kappa shape index (κ2) is 5.43. The number of sulfonamides is 1. The molecule has 1 aliphatic rings. The molecule has 0 aliphatic carbocycles. The molecule has 1 aromatic rings. The molecule has 0 saturated carbocycles. The number of carbonyl (C=O) groups is 2. The molecule has 20 heavy (non-hydrogen) atoms. The molecule has 0 spiro atoms. The first-order chi connectivity index (χ1) is 9.21. The zero-order valence-corrected chi connectivity index (χ0v) is 13.9. The van der Waals surface area contributed by atoms with Crippen LogP contribution in [0.15, 0.2) is 26.0 Å². The second-order valence-corrected chi connectivity index (χ2v) is 7.70. The highest BCUT2D eigenvalue weighted by atomic mass is 79.9. The van der Waals surface area contributed by atoms with Crippen LogP contribution in [0.4, 0.5) is 5.69 Å². The number of carbonyl (C=O) groups excluding carboxylic acids is 2.